The maximum atomic E-state index is 12.3. The molecule has 0 aliphatic heterocycles. The molecule has 1 aliphatic carbocycles. The van der Waals surface area contributed by atoms with Crippen molar-refractivity contribution in [3.05, 3.63) is 21.4 Å². The molecule has 0 atom stereocenters. The number of hydrogen-bond donors (Lipinski definition) is 2. The Bertz CT molecular complexity index is 447. The predicted octanol–water partition coefficient (Wildman–Crippen LogP) is 3.04. The zero-order chi connectivity index (χ0) is 13.9. The van der Waals surface area contributed by atoms with Gasteiger partial charge in [-0.05, 0) is 37.8 Å². The van der Waals surface area contributed by atoms with Gasteiger partial charge >= 0.3 is 0 Å². The highest BCUT2D eigenvalue weighted by Gasteiger charge is 2.33. The third kappa shape index (κ3) is 3.18. The van der Waals surface area contributed by atoms with Gasteiger partial charge in [0.1, 0.15) is 0 Å². The largest absolute Gasteiger partial charge is 0.394 e. The maximum absolute atomic E-state index is 12.3. The van der Waals surface area contributed by atoms with Crippen LogP contribution < -0.4 is 5.32 Å². The van der Waals surface area contributed by atoms with Crippen molar-refractivity contribution in [1.82, 2.24) is 5.32 Å². The average Bonchev–Trinajstić information content (AvgIpc) is 2.81. The van der Waals surface area contributed by atoms with Gasteiger partial charge in [0.15, 0.2) is 0 Å². The standard InChI is InChI=1S/C15H23NO2S/c1-3-12-11(2)9-13(19-12)14(18)16-15(10-17)7-5-4-6-8-15/h9,17H,3-8,10H2,1-2H3,(H,16,18). The van der Waals surface area contributed by atoms with Crippen molar-refractivity contribution in [2.24, 2.45) is 0 Å². The minimum atomic E-state index is -0.389. The molecular formula is C15H23NO2S. The molecule has 3 nitrogen and oxygen atoms in total. The number of aryl methyl sites for hydroxylation is 2. The van der Waals surface area contributed by atoms with Crippen molar-refractivity contribution in [3.63, 3.8) is 0 Å². The lowest BCUT2D eigenvalue weighted by atomic mass is 9.82. The second kappa shape index (κ2) is 6.06. The van der Waals surface area contributed by atoms with Gasteiger partial charge in [0.2, 0.25) is 0 Å². The third-order valence-electron chi connectivity index (χ3n) is 4.06. The summed E-state index contributed by atoms with van der Waals surface area (Å²) in [6.07, 6.45) is 6.13. The van der Waals surface area contributed by atoms with E-state index in [1.54, 1.807) is 11.3 Å². The number of carbonyl (C=O) groups excluding carboxylic acids is 1. The van der Waals surface area contributed by atoms with E-state index in [9.17, 15) is 9.90 Å². The van der Waals surface area contributed by atoms with E-state index in [1.165, 1.54) is 16.9 Å². The Morgan fingerprint density at radius 3 is 2.63 bits per heavy atom. The number of rotatable bonds is 4. The summed E-state index contributed by atoms with van der Waals surface area (Å²) in [6.45, 7) is 4.20. The van der Waals surface area contributed by atoms with E-state index in [-0.39, 0.29) is 18.1 Å². The Labute approximate surface area is 119 Å². The van der Waals surface area contributed by atoms with Crippen LogP contribution in [0.4, 0.5) is 0 Å². The zero-order valence-electron chi connectivity index (χ0n) is 11.8. The Hall–Kier alpha value is -0.870. The molecule has 19 heavy (non-hydrogen) atoms. The van der Waals surface area contributed by atoms with Gasteiger partial charge in [-0.1, -0.05) is 26.2 Å². The molecule has 2 rings (SSSR count). The Kier molecular flexibility index (Phi) is 4.63. The van der Waals surface area contributed by atoms with Gasteiger partial charge in [-0.15, -0.1) is 11.3 Å². The average molecular weight is 281 g/mol. The first-order valence-corrected chi connectivity index (χ1v) is 7.94. The molecule has 1 amide bonds. The number of carbonyl (C=O) groups is 1. The number of aliphatic hydroxyl groups excluding tert-OH is 1. The number of amides is 1. The first kappa shape index (κ1) is 14.5. The first-order valence-electron chi connectivity index (χ1n) is 7.13. The van der Waals surface area contributed by atoms with Crippen molar-refractivity contribution in [2.45, 2.75) is 57.9 Å². The van der Waals surface area contributed by atoms with Gasteiger partial charge in [0.25, 0.3) is 5.91 Å². The van der Waals surface area contributed by atoms with Crippen LogP contribution in [0.3, 0.4) is 0 Å². The Morgan fingerprint density at radius 2 is 2.11 bits per heavy atom. The summed E-state index contributed by atoms with van der Waals surface area (Å²) in [5.41, 5.74) is 0.805. The zero-order valence-corrected chi connectivity index (χ0v) is 12.6. The summed E-state index contributed by atoms with van der Waals surface area (Å²) >= 11 is 1.57. The van der Waals surface area contributed by atoms with Crippen molar-refractivity contribution in [2.75, 3.05) is 6.61 Å². The monoisotopic (exact) mass is 281 g/mol. The lowest BCUT2D eigenvalue weighted by Crippen LogP contribution is -2.52. The fraction of sp³-hybridized carbons (Fsp3) is 0.667. The molecule has 106 valence electrons. The number of thiophene rings is 1. The molecule has 0 saturated heterocycles. The van der Waals surface area contributed by atoms with Crippen LogP contribution in [0.25, 0.3) is 0 Å². The molecule has 0 aromatic carbocycles. The van der Waals surface area contributed by atoms with Crippen LogP contribution in [0.1, 0.15) is 59.1 Å². The second-order valence-corrected chi connectivity index (χ2v) is 6.66. The molecule has 2 N–H and O–H groups in total. The molecule has 1 fully saturated rings. The Morgan fingerprint density at radius 1 is 1.42 bits per heavy atom. The summed E-state index contributed by atoms with van der Waals surface area (Å²) in [4.78, 5) is 14.4. The van der Waals surface area contributed by atoms with Gasteiger partial charge in [-0.3, -0.25) is 4.79 Å². The van der Waals surface area contributed by atoms with E-state index in [0.29, 0.717) is 0 Å². The van der Waals surface area contributed by atoms with Gasteiger partial charge in [-0.25, -0.2) is 0 Å². The quantitative estimate of drug-likeness (QED) is 0.891. The van der Waals surface area contributed by atoms with E-state index in [2.05, 4.69) is 19.2 Å². The molecule has 1 aromatic rings. The molecule has 1 aromatic heterocycles. The van der Waals surface area contributed by atoms with E-state index < -0.39 is 0 Å². The predicted molar refractivity (Wildman–Crippen MR) is 78.8 cm³/mol. The number of hydrogen-bond acceptors (Lipinski definition) is 3. The lowest BCUT2D eigenvalue weighted by Gasteiger charge is -2.36. The minimum Gasteiger partial charge on any atom is -0.394 e. The molecule has 0 bridgehead atoms. The van der Waals surface area contributed by atoms with Crippen molar-refractivity contribution in [3.8, 4) is 0 Å². The van der Waals surface area contributed by atoms with Crippen LogP contribution in [0.5, 0.6) is 0 Å². The molecule has 0 spiro atoms. The van der Waals surface area contributed by atoms with E-state index in [0.717, 1.165) is 37.0 Å². The van der Waals surface area contributed by atoms with Crippen LogP contribution >= 0.6 is 11.3 Å². The number of aliphatic hydroxyl groups is 1. The van der Waals surface area contributed by atoms with Gasteiger partial charge in [0, 0.05) is 4.88 Å². The third-order valence-corrected chi connectivity index (χ3v) is 5.44. The normalized spacial score (nSPS) is 18.3. The summed E-state index contributed by atoms with van der Waals surface area (Å²) < 4.78 is 0. The molecule has 1 aliphatic rings. The fourth-order valence-corrected chi connectivity index (χ4v) is 3.85. The van der Waals surface area contributed by atoms with Crippen LogP contribution in [-0.4, -0.2) is 23.2 Å². The molecule has 0 unspecified atom stereocenters. The van der Waals surface area contributed by atoms with E-state index >= 15 is 0 Å². The molecule has 4 heteroatoms. The van der Waals surface area contributed by atoms with E-state index in [1.807, 2.05) is 6.07 Å². The Balaban J connectivity index is 2.10. The molecule has 1 heterocycles. The molecular weight excluding hydrogens is 258 g/mol. The smallest absolute Gasteiger partial charge is 0.261 e. The second-order valence-electron chi connectivity index (χ2n) is 5.52. The highest BCUT2D eigenvalue weighted by atomic mass is 32.1. The SMILES string of the molecule is CCc1sc(C(=O)NC2(CO)CCCCC2)cc1C. The topological polar surface area (TPSA) is 49.3 Å². The summed E-state index contributed by atoms with van der Waals surface area (Å²) in [5.74, 6) is -0.0243. The number of nitrogens with one attached hydrogen (secondary N) is 1. The van der Waals surface area contributed by atoms with Crippen molar-refractivity contribution in [1.29, 1.82) is 0 Å². The summed E-state index contributed by atoms with van der Waals surface area (Å²) in [7, 11) is 0. The van der Waals surface area contributed by atoms with Gasteiger partial charge < -0.3 is 10.4 Å². The van der Waals surface area contributed by atoms with Crippen LogP contribution in [0, 0.1) is 6.92 Å². The summed E-state index contributed by atoms with van der Waals surface area (Å²) in [6, 6.07) is 1.97. The van der Waals surface area contributed by atoms with Crippen LogP contribution in [-0.2, 0) is 6.42 Å². The van der Waals surface area contributed by atoms with Crippen LogP contribution in [0.2, 0.25) is 0 Å². The van der Waals surface area contributed by atoms with Crippen molar-refractivity contribution >= 4 is 17.2 Å². The summed E-state index contributed by atoms with van der Waals surface area (Å²) in [5, 5.41) is 12.7. The first-order chi connectivity index (χ1) is 9.10. The van der Waals surface area contributed by atoms with Crippen LogP contribution in [0.15, 0.2) is 6.07 Å². The van der Waals surface area contributed by atoms with E-state index in [4.69, 9.17) is 0 Å². The molecule has 0 radical (unpaired) electrons. The molecule has 1 saturated carbocycles. The van der Waals surface area contributed by atoms with Crippen molar-refractivity contribution < 1.29 is 9.90 Å². The maximum Gasteiger partial charge on any atom is 0.261 e. The highest BCUT2D eigenvalue weighted by Crippen LogP contribution is 2.29. The van der Waals surface area contributed by atoms with Gasteiger partial charge in [-0.2, -0.15) is 0 Å². The highest BCUT2D eigenvalue weighted by molar-refractivity contribution is 7.14. The lowest BCUT2D eigenvalue weighted by molar-refractivity contribution is 0.0762. The van der Waals surface area contributed by atoms with Gasteiger partial charge in [0.05, 0.1) is 17.0 Å². The fourth-order valence-electron chi connectivity index (χ4n) is 2.84. The minimum absolute atomic E-state index is 0.0243.